The molecule has 4 atom stereocenters. The summed E-state index contributed by atoms with van der Waals surface area (Å²) in [6, 6.07) is 5.44. The number of nitrogens with two attached hydrogens (primary N) is 1. The van der Waals surface area contributed by atoms with Crippen molar-refractivity contribution in [2.24, 2.45) is 11.7 Å². The van der Waals surface area contributed by atoms with Gasteiger partial charge >= 0.3 is 0 Å². The molecule has 3 saturated heterocycles. The lowest BCUT2D eigenvalue weighted by molar-refractivity contribution is -0.138. The van der Waals surface area contributed by atoms with Crippen LogP contribution in [0.4, 0.5) is 5.13 Å². The van der Waals surface area contributed by atoms with Crippen LogP contribution in [-0.2, 0) is 14.3 Å². The molecular weight excluding hydrogens is 504 g/mol. The van der Waals surface area contributed by atoms with Crippen LogP contribution in [0.25, 0.3) is 11.3 Å². The quantitative estimate of drug-likeness (QED) is 0.538. The Morgan fingerprint density at radius 2 is 1.89 bits per heavy atom. The SMILES string of the molecule is CC(C)C[C@H](NC(=O)c1ccc(-c2csc(N3CCN(C)CC3)n2)cc1)C(=O)N1C[C@@H](N)[C@H]2OCC(=O)[C@H]21. The summed E-state index contributed by atoms with van der Waals surface area (Å²) in [5, 5.41) is 5.97. The maximum atomic E-state index is 13.5. The van der Waals surface area contributed by atoms with Gasteiger partial charge in [-0.05, 0) is 31.5 Å². The molecule has 0 aliphatic carbocycles. The van der Waals surface area contributed by atoms with Crippen molar-refractivity contribution in [3.63, 3.8) is 0 Å². The average Bonchev–Trinajstić information content (AvgIpc) is 3.62. The number of thiazole rings is 1. The van der Waals surface area contributed by atoms with Crippen molar-refractivity contribution in [3.8, 4) is 11.3 Å². The Labute approximate surface area is 227 Å². The van der Waals surface area contributed by atoms with Crippen molar-refractivity contribution in [3.05, 3.63) is 35.2 Å². The van der Waals surface area contributed by atoms with Gasteiger partial charge in [-0.1, -0.05) is 26.0 Å². The number of hydrogen-bond acceptors (Lipinski definition) is 9. The molecule has 2 aromatic rings. The Balaban J connectivity index is 1.26. The first-order chi connectivity index (χ1) is 18.2. The van der Waals surface area contributed by atoms with Crippen LogP contribution in [0.1, 0.15) is 30.6 Å². The van der Waals surface area contributed by atoms with E-state index in [1.54, 1.807) is 23.5 Å². The Bertz CT molecular complexity index is 1180. The van der Waals surface area contributed by atoms with E-state index >= 15 is 0 Å². The molecule has 2 amide bonds. The summed E-state index contributed by atoms with van der Waals surface area (Å²) in [6.07, 6.45) is -0.0220. The smallest absolute Gasteiger partial charge is 0.251 e. The van der Waals surface area contributed by atoms with Gasteiger partial charge in [-0.15, -0.1) is 11.3 Å². The number of carbonyl (C=O) groups excluding carboxylic acids is 3. The maximum Gasteiger partial charge on any atom is 0.251 e. The van der Waals surface area contributed by atoms with E-state index in [0.29, 0.717) is 12.0 Å². The van der Waals surface area contributed by atoms with Crippen molar-refractivity contribution < 1.29 is 19.1 Å². The molecule has 1 aromatic heterocycles. The number of piperazine rings is 1. The molecule has 0 bridgehead atoms. The molecule has 1 aromatic carbocycles. The third kappa shape index (κ3) is 5.47. The third-order valence-corrected chi connectivity index (χ3v) is 8.43. The van der Waals surface area contributed by atoms with E-state index in [9.17, 15) is 14.4 Å². The molecule has 0 saturated carbocycles. The summed E-state index contributed by atoms with van der Waals surface area (Å²) in [4.78, 5) is 50.0. The second-order valence-electron chi connectivity index (χ2n) is 10.9. The van der Waals surface area contributed by atoms with Gasteiger partial charge < -0.3 is 30.5 Å². The van der Waals surface area contributed by atoms with Gasteiger partial charge in [0.1, 0.15) is 24.8 Å². The molecule has 11 heteroatoms. The average molecular weight is 541 g/mol. The van der Waals surface area contributed by atoms with E-state index in [2.05, 4.69) is 22.2 Å². The van der Waals surface area contributed by atoms with Crippen molar-refractivity contribution in [2.45, 2.75) is 44.5 Å². The number of benzene rings is 1. The fourth-order valence-corrected chi connectivity index (χ4v) is 6.27. The van der Waals surface area contributed by atoms with E-state index in [-0.39, 0.29) is 36.7 Å². The van der Waals surface area contributed by atoms with Gasteiger partial charge in [-0.2, -0.15) is 0 Å². The van der Waals surface area contributed by atoms with Crippen LogP contribution in [0.3, 0.4) is 0 Å². The van der Waals surface area contributed by atoms with Gasteiger partial charge in [0.05, 0.1) is 11.7 Å². The number of aromatic nitrogens is 1. The zero-order valence-corrected chi connectivity index (χ0v) is 22.9. The Morgan fingerprint density at radius 3 is 2.58 bits per heavy atom. The zero-order valence-electron chi connectivity index (χ0n) is 22.1. The number of rotatable bonds is 7. The molecule has 10 nitrogen and oxygen atoms in total. The minimum absolute atomic E-state index is 0.0315. The van der Waals surface area contributed by atoms with Crippen molar-refractivity contribution in [1.29, 1.82) is 0 Å². The number of likely N-dealkylation sites (N-methyl/N-ethyl adjacent to an activating group) is 1. The number of likely N-dealkylation sites (tertiary alicyclic amines) is 1. The van der Waals surface area contributed by atoms with Gasteiger partial charge in [0.25, 0.3) is 5.91 Å². The predicted octanol–water partition coefficient (Wildman–Crippen LogP) is 1.21. The monoisotopic (exact) mass is 540 g/mol. The van der Waals surface area contributed by atoms with Gasteiger partial charge in [0.2, 0.25) is 5.91 Å². The molecule has 3 N–H and O–H groups in total. The lowest BCUT2D eigenvalue weighted by atomic mass is 10.0. The third-order valence-electron chi connectivity index (χ3n) is 7.53. The summed E-state index contributed by atoms with van der Waals surface area (Å²) in [7, 11) is 2.13. The highest BCUT2D eigenvalue weighted by Gasteiger charge is 2.52. The first kappa shape index (κ1) is 26.7. The summed E-state index contributed by atoms with van der Waals surface area (Å²) in [5.41, 5.74) is 8.42. The molecule has 3 fully saturated rings. The molecule has 5 rings (SSSR count). The first-order valence-electron chi connectivity index (χ1n) is 13.2. The number of ketones is 1. The number of nitrogens with zero attached hydrogens (tertiary/aromatic N) is 4. The number of amides is 2. The number of fused-ring (bicyclic) bond motifs is 1. The van der Waals surface area contributed by atoms with E-state index < -0.39 is 24.2 Å². The number of ether oxygens (including phenoxy) is 1. The van der Waals surface area contributed by atoms with Crippen molar-refractivity contribution in [1.82, 2.24) is 20.1 Å². The summed E-state index contributed by atoms with van der Waals surface area (Å²) in [6.45, 7) is 8.17. The second-order valence-corrected chi connectivity index (χ2v) is 11.7. The molecule has 0 unspecified atom stereocenters. The van der Waals surface area contributed by atoms with Crippen LogP contribution in [0, 0.1) is 5.92 Å². The minimum atomic E-state index is -0.758. The maximum absolute atomic E-state index is 13.5. The minimum Gasteiger partial charge on any atom is -0.366 e. The van der Waals surface area contributed by atoms with E-state index in [1.165, 1.54) is 4.90 Å². The number of carbonyl (C=O) groups is 3. The lowest BCUT2D eigenvalue weighted by Crippen LogP contribution is -2.52. The number of nitrogens with one attached hydrogen (secondary N) is 1. The highest BCUT2D eigenvalue weighted by molar-refractivity contribution is 7.14. The molecule has 0 spiro atoms. The molecule has 3 aliphatic rings. The van der Waals surface area contributed by atoms with Gasteiger partial charge in [-0.25, -0.2) is 4.98 Å². The zero-order chi connectivity index (χ0) is 27.0. The highest BCUT2D eigenvalue weighted by Crippen LogP contribution is 2.29. The Hall–Kier alpha value is -2.86. The molecular formula is C27H36N6O4S. The number of anilines is 1. The van der Waals surface area contributed by atoms with E-state index in [0.717, 1.165) is 42.6 Å². The molecule has 204 valence electrons. The molecule has 38 heavy (non-hydrogen) atoms. The number of Topliss-reactive ketones (excluding diaryl/α,β-unsaturated/α-hetero) is 1. The summed E-state index contributed by atoms with van der Waals surface area (Å²) < 4.78 is 5.52. The predicted molar refractivity (Wildman–Crippen MR) is 146 cm³/mol. The standard InChI is InChI=1S/C27H36N6O4S/c1-16(2)12-20(26(36)33-13-19(28)24-23(33)22(34)14-37-24)29-25(35)18-6-4-17(5-7-18)21-15-38-27(30-21)32-10-8-31(3)9-11-32/h4-7,15-16,19-20,23-24H,8-14,28H2,1-3H3,(H,29,35)/t19-,20+,23-,24-/m1/s1. The van der Waals surface area contributed by atoms with E-state index in [4.69, 9.17) is 15.5 Å². The molecule has 4 heterocycles. The topological polar surface area (TPSA) is 121 Å². The molecule has 3 aliphatic heterocycles. The van der Waals surface area contributed by atoms with Gasteiger partial charge in [0.15, 0.2) is 10.9 Å². The van der Waals surface area contributed by atoms with Crippen LogP contribution in [0.2, 0.25) is 0 Å². The van der Waals surface area contributed by atoms with E-state index in [1.807, 2.05) is 31.4 Å². The summed E-state index contributed by atoms with van der Waals surface area (Å²) >= 11 is 1.63. The van der Waals surface area contributed by atoms with Crippen LogP contribution in [0.5, 0.6) is 0 Å². The highest BCUT2D eigenvalue weighted by atomic mass is 32.1. The van der Waals surface area contributed by atoms with Crippen LogP contribution in [0.15, 0.2) is 29.6 Å². The van der Waals surface area contributed by atoms with Crippen LogP contribution in [-0.4, -0.2) is 103 Å². The Morgan fingerprint density at radius 1 is 1.18 bits per heavy atom. The first-order valence-corrected chi connectivity index (χ1v) is 14.1. The lowest BCUT2D eigenvalue weighted by Gasteiger charge is -2.32. The fourth-order valence-electron chi connectivity index (χ4n) is 5.39. The van der Waals surface area contributed by atoms with Crippen molar-refractivity contribution in [2.75, 3.05) is 51.3 Å². The normalized spacial score (nSPS) is 24.7. The second kappa shape index (κ2) is 11.1. The van der Waals surface area contributed by atoms with Gasteiger partial charge in [-0.3, -0.25) is 14.4 Å². The number of hydrogen-bond donors (Lipinski definition) is 2. The fraction of sp³-hybridized carbons (Fsp3) is 0.556. The van der Waals surface area contributed by atoms with Crippen LogP contribution >= 0.6 is 11.3 Å². The molecule has 0 radical (unpaired) electrons. The van der Waals surface area contributed by atoms with Crippen LogP contribution < -0.4 is 16.0 Å². The van der Waals surface area contributed by atoms with Gasteiger partial charge in [0, 0.05) is 49.2 Å². The summed E-state index contributed by atoms with van der Waals surface area (Å²) in [5.74, 6) is -0.599. The Kier molecular flexibility index (Phi) is 7.80. The van der Waals surface area contributed by atoms with Crippen molar-refractivity contribution >= 4 is 34.1 Å². The largest absolute Gasteiger partial charge is 0.366 e.